The van der Waals surface area contributed by atoms with E-state index in [-0.39, 0.29) is 18.0 Å². The summed E-state index contributed by atoms with van der Waals surface area (Å²) in [6, 6.07) is 0. The molecule has 1 fully saturated rings. The molecule has 2 atom stereocenters. The van der Waals surface area contributed by atoms with Gasteiger partial charge in [0, 0.05) is 0 Å². The van der Waals surface area contributed by atoms with Gasteiger partial charge in [-0.05, 0) is 39.3 Å². The fraction of sp³-hybridized carbons (Fsp3) is 0.870. The molecule has 0 aromatic carbocycles. The Morgan fingerprint density at radius 3 is 1.85 bits per heavy atom. The zero-order valence-electron chi connectivity index (χ0n) is 17.7. The van der Waals surface area contributed by atoms with Crippen LogP contribution in [0.3, 0.4) is 0 Å². The summed E-state index contributed by atoms with van der Waals surface area (Å²) in [4.78, 5) is 11.2. The number of ketones is 1. The van der Waals surface area contributed by atoms with Crippen LogP contribution in [0.2, 0.25) is 0 Å². The largest absolute Gasteiger partial charge is 0.344 e. The highest BCUT2D eigenvalue weighted by atomic mass is 16.7. The second-order valence-corrected chi connectivity index (χ2v) is 8.29. The van der Waals surface area contributed by atoms with E-state index in [4.69, 9.17) is 9.47 Å². The second kappa shape index (κ2) is 13.5. The highest BCUT2D eigenvalue weighted by molar-refractivity contribution is 5.87. The maximum atomic E-state index is 11.2. The molecule has 26 heavy (non-hydrogen) atoms. The lowest BCUT2D eigenvalue weighted by molar-refractivity contribution is -0.143. The zero-order valence-corrected chi connectivity index (χ0v) is 17.7. The number of unbranched alkanes of at least 4 members (excludes halogenated alkanes) is 11. The van der Waals surface area contributed by atoms with Gasteiger partial charge in [0.05, 0.1) is 6.10 Å². The van der Waals surface area contributed by atoms with Gasteiger partial charge in [0.15, 0.2) is 11.6 Å². The van der Waals surface area contributed by atoms with Gasteiger partial charge in [-0.3, -0.25) is 4.79 Å². The molecule has 0 amide bonds. The number of allylic oxidation sites excluding steroid dienone is 1. The lowest BCUT2D eigenvalue weighted by atomic mass is 10.0. The third-order valence-corrected chi connectivity index (χ3v) is 5.08. The van der Waals surface area contributed by atoms with E-state index in [2.05, 4.69) is 6.92 Å². The standard InChI is InChI=1S/C23H42O3/c1-5-6-7-8-9-10-11-12-13-14-15-16-17-21-22(19-18-20(2)24)26-23(3,4)25-21/h18-19,21-22H,5-17H2,1-4H3/b19-18+/t21-,22+/m1/s1. The fourth-order valence-electron chi connectivity index (χ4n) is 3.67. The molecule has 152 valence electrons. The average Bonchev–Trinajstić information content (AvgIpc) is 2.88. The fourth-order valence-corrected chi connectivity index (χ4v) is 3.67. The highest BCUT2D eigenvalue weighted by Crippen LogP contribution is 2.31. The minimum Gasteiger partial charge on any atom is -0.344 e. The van der Waals surface area contributed by atoms with Crippen molar-refractivity contribution in [3.8, 4) is 0 Å². The Bertz CT molecular complexity index is 400. The first-order valence-corrected chi connectivity index (χ1v) is 11.0. The summed E-state index contributed by atoms with van der Waals surface area (Å²) in [5.41, 5.74) is 0. The van der Waals surface area contributed by atoms with Gasteiger partial charge >= 0.3 is 0 Å². The highest BCUT2D eigenvalue weighted by Gasteiger charge is 2.39. The Labute approximate surface area is 161 Å². The van der Waals surface area contributed by atoms with E-state index >= 15 is 0 Å². The van der Waals surface area contributed by atoms with Crippen molar-refractivity contribution in [2.24, 2.45) is 0 Å². The molecule has 0 aliphatic carbocycles. The van der Waals surface area contributed by atoms with Crippen LogP contribution in [0.1, 0.15) is 111 Å². The first kappa shape index (κ1) is 23.4. The van der Waals surface area contributed by atoms with E-state index in [1.54, 1.807) is 13.0 Å². The Hall–Kier alpha value is -0.670. The minimum atomic E-state index is -0.548. The summed E-state index contributed by atoms with van der Waals surface area (Å²) >= 11 is 0. The summed E-state index contributed by atoms with van der Waals surface area (Å²) in [6.07, 6.45) is 20.8. The van der Waals surface area contributed by atoms with Gasteiger partial charge in [-0.15, -0.1) is 0 Å². The first-order chi connectivity index (χ1) is 12.4. The average molecular weight is 367 g/mol. The number of hydrogen-bond donors (Lipinski definition) is 0. The van der Waals surface area contributed by atoms with E-state index in [0.29, 0.717) is 0 Å². The van der Waals surface area contributed by atoms with Crippen LogP contribution in [0.15, 0.2) is 12.2 Å². The van der Waals surface area contributed by atoms with Gasteiger partial charge in [0.25, 0.3) is 0 Å². The van der Waals surface area contributed by atoms with Gasteiger partial charge in [-0.2, -0.15) is 0 Å². The van der Waals surface area contributed by atoms with Crippen LogP contribution in [-0.2, 0) is 14.3 Å². The maximum absolute atomic E-state index is 11.2. The number of rotatable bonds is 15. The molecule has 0 aromatic heterocycles. The van der Waals surface area contributed by atoms with Crippen LogP contribution in [0.5, 0.6) is 0 Å². The molecule has 0 aromatic rings. The van der Waals surface area contributed by atoms with Crippen LogP contribution in [-0.4, -0.2) is 23.8 Å². The summed E-state index contributed by atoms with van der Waals surface area (Å²) in [5, 5.41) is 0. The molecule has 1 saturated heterocycles. The lowest BCUT2D eigenvalue weighted by Gasteiger charge is -2.16. The van der Waals surface area contributed by atoms with Crippen molar-refractivity contribution in [1.82, 2.24) is 0 Å². The molecule has 3 nitrogen and oxygen atoms in total. The number of carbonyl (C=O) groups excluding carboxylic acids is 1. The van der Waals surface area contributed by atoms with Crippen molar-refractivity contribution in [2.45, 2.75) is 129 Å². The van der Waals surface area contributed by atoms with Crippen LogP contribution in [0.25, 0.3) is 0 Å². The van der Waals surface area contributed by atoms with Gasteiger partial charge in [-0.25, -0.2) is 0 Å². The van der Waals surface area contributed by atoms with Crippen molar-refractivity contribution in [3.05, 3.63) is 12.2 Å². The maximum Gasteiger partial charge on any atom is 0.164 e. The van der Waals surface area contributed by atoms with Crippen molar-refractivity contribution < 1.29 is 14.3 Å². The quantitative estimate of drug-likeness (QED) is 0.238. The third kappa shape index (κ3) is 11.1. The number of hydrogen-bond acceptors (Lipinski definition) is 3. The normalized spacial score (nSPS) is 22.3. The Morgan fingerprint density at radius 2 is 1.35 bits per heavy atom. The number of ether oxygens (including phenoxy) is 2. The van der Waals surface area contributed by atoms with Crippen molar-refractivity contribution >= 4 is 5.78 Å². The molecule has 0 spiro atoms. The number of carbonyl (C=O) groups is 1. The molecule has 1 rings (SSSR count). The van der Waals surface area contributed by atoms with Crippen molar-refractivity contribution in [3.63, 3.8) is 0 Å². The van der Waals surface area contributed by atoms with Gasteiger partial charge in [-0.1, -0.05) is 84.0 Å². The van der Waals surface area contributed by atoms with E-state index < -0.39 is 5.79 Å². The van der Waals surface area contributed by atoms with Crippen LogP contribution < -0.4 is 0 Å². The first-order valence-electron chi connectivity index (χ1n) is 11.0. The summed E-state index contributed by atoms with van der Waals surface area (Å²) in [6.45, 7) is 7.74. The molecule has 0 radical (unpaired) electrons. The molecule has 0 N–H and O–H groups in total. The van der Waals surface area contributed by atoms with Crippen LogP contribution in [0.4, 0.5) is 0 Å². The monoisotopic (exact) mass is 366 g/mol. The van der Waals surface area contributed by atoms with E-state index in [1.165, 1.54) is 77.0 Å². The smallest absolute Gasteiger partial charge is 0.164 e. The molecule has 0 unspecified atom stereocenters. The Kier molecular flexibility index (Phi) is 12.1. The van der Waals surface area contributed by atoms with E-state index in [0.717, 1.165) is 6.42 Å². The van der Waals surface area contributed by atoms with Gasteiger partial charge in [0.1, 0.15) is 6.10 Å². The Balaban J connectivity index is 2.04. The minimum absolute atomic E-state index is 0.0578. The molecule has 0 saturated carbocycles. The predicted octanol–water partition coefficient (Wildman–Crippen LogP) is 6.74. The van der Waals surface area contributed by atoms with E-state index in [9.17, 15) is 4.79 Å². The van der Waals surface area contributed by atoms with Gasteiger partial charge < -0.3 is 9.47 Å². The summed E-state index contributed by atoms with van der Waals surface area (Å²) in [5.74, 6) is -0.490. The van der Waals surface area contributed by atoms with Crippen LogP contribution in [0, 0.1) is 0 Å². The molecule has 3 heteroatoms. The molecular formula is C23H42O3. The van der Waals surface area contributed by atoms with Crippen molar-refractivity contribution in [1.29, 1.82) is 0 Å². The summed E-state index contributed by atoms with van der Waals surface area (Å²) < 4.78 is 11.9. The molecule has 0 bridgehead atoms. The topological polar surface area (TPSA) is 35.5 Å². The molecule has 1 aliphatic rings. The summed E-state index contributed by atoms with van der Waals surface area (Å²) in [7, 11) is 0. The third-order valence-electron chi connectivity index (χ3n) is 5.08. The Morgan fingerprint density at radius 1 is 0.846 bits per heavy atom. The SMILES string of the molecule is CCCCCCCCCCCCCC[C@H]1OC(C)(C)O[C@H]1/C=C/C(C)=O. The predicted molar refractivity (Wildman–Crippen MR) is 109 cm³/mol. The van der Waals surface area contributed by atoms with Crippen molar-refractivity contribution in [2.75, 3.05) is 0 Å². The zero-order chi connectivity index (χ0) is 19.3. The molecule has 1 heterocycles. The molecular weight excluding hydrogens is 324 g/mol. The molecule has 1 aliphatic heterocycles. The van der Waals surface area contributed by atoms with Gasteiger partial charge in [0.2, 0.25) is 0 Å². The lowest BCUT2D eigenvalue weighted by Crippen LogP contribution is -2.21. The second-order valence-electron chi connectivity index (χ2n) is 8.29. The van der Waals surface area contributed by atoms with Crippen LogP contribution >= 0.6 is 0 Å². The van der Waals surface area contributed by atoms with E-state index in [1.807, 2.05) is 19.9 Å².